The number of carbonyl (C=O) groups excluding carboxylic acids is 1. The lowest BCUT2D eigenvalue weighted by molar-refractivity contribution is -0.122. The lowest BCUT2D eigenvalue weighted by atomic mass is 10.1. The minimum Gasteiger partial charge on any atom is -0.497 e. The van der Waals surface area contributed by atoms with E-state index >= 15 is 0 Å². The van der Waals surface area contributed by atoms with Gasteiger partial charge in [0.05, 0.1) is 26.9 Å². The van der Waals surface area contributed by atoms with Gasteiger partial charge in [-0.15, -0.1) is 0 Å². The Morgan fingerprint density at radius 1 is 1.17 bits per heavy atom. The highest BCUT2D eigenvalue weighted by Gasteiger charge is 2.21. The number of aryl methyl sites for hydroxylation is 1. The highest BCUT2D eigenvalue weighted by atomic mass is 16.5. The maximum atomic E-state index is 12.3. The van der Waals surface area contributed by atoms with Crippen LogP contribution in [0, 0.1) is 0 Å². The van der Waals surface area contributed by atoms with E-state index in [9.17, 15) is 4.79 Å². The Balaban J connectivity index is 1.43. The fourth-order valence-corrected chi connectivity index (χ4v) is 3.53. The summed E-state index contributed by atoms with van der Waals surface area (Å²) in [6.07, 6.45) is 1.00. The van der Waals surface area contributed by atoms with Crippen molar-refractivity contribution in [1.82, 2.24) is 10.2 Å². The summed E-state index contributed by atoms with van der Waals surface area (Å²) in [7, 11) is 3.26. The van der Waals surface area contributed by atoms with Crippen LogP contribution in [0.3, 0.4) is 0 Å². The second-order valence-corrected chi connectivity index (χ2v) is 7.20. The van der Waals surface area contributed by atoms with Crippen molar-refractivity contribution in [3.05, 3.63) is 59.7 Å². The number of nitrogens with one attached hydrogen (secondary N) is 1. The predicted octanol–water partition coefficient (Wildman–Crippen LogP) is 2.65. The molecule has 0 bridgehead atoms. The number of hydrogen-bond donors (Lipinski definition) is 1. The van der Waals surface area contributed by atoms with Crippen LogP contribution < -0.4 is 14.8 Å². The minimum atomic E-state index is 0.0126. The van der Waals surface area contributed by atoms with E-state index in [1.54, 1.807) is 14.2 Å². The van der Waals surface area contributed by atoms with E-state index in [0.29, 0.717) is 26.0 Å². The van der Waals surface area contributed by atoms with Gasteiger partial charge in [0.15, 0.2) is 0 Å². The van der Waals surface area contributed by atoms with E-state index in [1.807, 2.05) is 24.3 Å². The number of benzene rings is 2. The third-order valence-electron chi connectivity index (χ3n) is 5.11. The van der Waals surface area contributed by atoms with Crippen LogP contribution in [-0.2, 0) is 22.5 Å². The predicted molar refractivity (Wildman–Crippen MR) is 112 cm³/mol. The maximum absolute atomic E-state index is 12.3. The Labute approximate surface area is 172 Å². The number of nitrogens with zero attached hydrogens (tertiary/aromatic N) is 1. The molecule has 2 aromatic rings. The third-order valence-corrected chi connectivity index (χ3v) is 5.11. The summed E-state index contributed by atoms with van der Waals surface area (Å²) in [6.45, 7) is 3.85. The van der Waals surface area contributed by atoms with Gasteiger partial charge in [-0.1, -0.05) is 30.3 Å². The summed E-state index contributed by atoms with van der Waals surface area (Å²) in [4.78, 5) is 14.7. The molecule has 0 aliphatic carbocycles. The molecule has 6 nitrogen and oxygen atoms in total. The molecule has 0 saturated carbocycles. The highest BCUT2D eigenvalue weighted by Crippen LogP contribution is 2.25. The van der Waals surface area contributed by atoms with Crippen molar-refractivity contribution in [2.45, 2.75) is 25.5 Å². The fraction of sp³-hybridized carbons (Fsp3) is 0.435. The molecule has 1 amide bonds. The smallest absolute Gasteiger partial charge is 0.220 e. The molecule has 156 valence electrons. The zero-order valence-electron chi connectivity index (χ0n) is 17.2. The Morgan fingerprint density at radius 2 is 2.00 bits per heavy atom. The third kappa shape index (κ3) is 6.48. The molecule has 1 saturated heterocycles. The number of methoxy groups -OCH3 is 2. The molecule has 0 aromatic heterocycles. The average Bonchev–Trinajstić information content (AvgIpc) is 2.77. The minimum absolute atomic E-state index is 0.0126. The summed E-state index contributed by atoms with van der Waals surface area (Å²) < 4.78 is 16.5. The van der Waals surface area contributed by atoms with Gasteiger partial charge in [0.25, 0.3) is 0 Å². The number of ether oxygens (including phenoxy) is 3. The first-order valence-electron chi connectivity index (χ1n) is 10.0. The molecule has 1 fully saturated rings. The second kappa shape index (κ2) is 10.8. The van der Waals surface area contributed by atoms with Gasteiger partial charge in [-0.05, 0) is 35.7 Å². The van der Waals surface area contributed by atoms with Crippen molar-refractivity contribution in [2.24, 2.45) is 0 Å². The first-order chi connectivity index (χ1) is 14.2. The van der Waals surface area contributed by atoms with Crippen molar-refractivity contribution in [1.29, 1.82) is 0 Å². The SMILES string of the molecule is COc1ccc(OC)c(CCC(=O)NCC2CN(Cc3ccccc3)CCO2)c1. The van der Waals surface area contributed by atoms with Crippen LogP contribution in [0.25, 0.3) is 0 Å². The first-order valence-corrected chi connectivity index (χ1v) is 10.0. The molecular formula is C23H30N2O4. The van der Waals surface area contributed by atoms with Gasteiger partial charge in [-0.25, -0.2) is 0 Å². The summed E-state index contributed by atoms with van der Waals surface area (Å²) in [6, 6.07) is 16.1. The van der Waals surface area contributed by atoms with E-state index < -0.39 is 0 Å². The van der Waals surface area contributed by atoms with Crippen LogP contribution in [0.1, 0.15) is 17.5 Å². The molecule has 2 aromatic carbocycles. The molecule has 1 N–H and O–H groups in total. The standard InChI is InChI=1S/C23H30N2O4/c1-27-20-9-10-22(28-2)19(14-20)8-11-23(26)24-15-21-17-25(12-13-29-21)16-18-6-4-3-5-7-18/h3-7,9-10,14,21H,8,11-13,15-17H2,1-2H3,(H,24,26). The van der Waals surface area contributed by atoms with Gasteiger partial charge in [-0.2, -0.15) is 0 Å². The lowest BCUT2D eigenvalue weighted by Gasteiger charge is -2.33. The largest absolute Gasteiger partial charge is 0.497 e. The quantitative estimate of drug-likeness (QED) is 0.704. The summed E-state index contributed by atoms with van der Waals surface area (Å²) in [5.41, 5.74) is 2.26. The number of amides is 1. The molecule has 1 aliphatic rings. The van der Waals surface area contributed by atoms with Crippen LogP contribution in [0.5, 0.6) is 11.5 Å². The molecule has 1 atom stereocenters. The number of carbonyl (C=O) groups is 1. The molecule has 1 unspecified atom stereocenters. The summed E-state index contributed by atoms with van der Waals surface area (Å²) in [5.74, 6) is 1.54. The molecule has 1 aliphatic heterocycles. The van der Waals surface area contributed by atoms with Gasteiger partial charge in [0.1, 0.15) is 11.5 Å². The molecule has 0 spiro atoms. The molecule has 0 radical (unpaired) electrons. The number of hydrogen-bond acceptors (Lipinski definition) is 5. The van der Waals surface area contributed by atoms with Gasteiger partial charge < -0.3 is 19.5 Å². The zero-order chi connectivity index (χ0) is 20.5. The molecule has 29 heavy (non-hydrogen) atoms. The van der Waals surface area contributed by atoms with E-state index in [4.69, 9.17) is 14.2 Å². The molecule has 6 heteroatoms. The van der Waals surface area contributed by atoms with Crippen molar-refractivity contribution >= 4 is 5.91 Å². The maximum Gasteiger partial charge on any atom is 0.220 e. The molecule has 3 rings (SSSR count). The van der Waals surface area contributed by atoms with E-state index in [0.717, 1.165) is 36.7 Å². The van der Waals surface area contributed by atoms with E-state index in [2.05, 4.69) is 34.5 Å². The number of rotatable bonds is 9. The fourth-order valence-electron chi connectivity index (χ4n) is 3.53. The Hall–Kier alpha value is -2.57. The van der Waals surface area contributed by atoms with E-state index in [1.165, 1.54) is 5.56 Å². The van der Waals surface area contributed by atoms with Gasteiger partial charge >= 0.3 is 0 Å². The van der Waals surface area contributed by atoms with Crippen LogP contribution in [-0.4, -0.2) is 57.4 Å². The van der Waals surface area contributed by atoms with Crippen molar-refractivity contribution in [3.8, 4) is 11.5 Å². The Morgan fingerprint density at radius 3 is 2.76 bits per heavy atom. The van der Waals surface area contributed by atoms with Crippen LogP contribution in [0.4, 0.5) is 0 Å². The van der Waals surface area contributed by atoms with E-state index in [-0.39, 0.29) is 12.0 Å². The zero-order valence-corrected chi connectivity index (χ0v) is 17.2. The first kappa shape index (κ1) is 21.1. The van der Waals surface area contributed by atoms with Crippen molar-refractivity contribution in [3.63, 3.8) is 0 Å². The summed E-state index contributed by atoms with van der Waals surface area (Å²) >= 11 is 0. The summed E-state index contributed by atoms with van der Waals surface area (Å²) in [5, 5.41) is 3.01. The van der Waals surface area contributed by atoms with Gasteiger partial charge in [0, 0.05) is 32.6 Å². The van der Waals surface area contributed by atoms with Gasteiger partial charge in [0.2, 0.25) is 5.91 Å². The van der Waals surface area contributed by atoms with Crippen LogP contribution in [0.2, 0.25) is 0 Å². The number of morpholine rings is 1. The topological polar surface area (TPSA) is 60.0 Å². The van der Waals surface area contributed by atoms with Crippen molar-refractivity contribution in [2.75, 3.05) is 40.5 Å². The normalized spacial score (nSPS) is 17.0. The van der Waals surface area contributed by atoms with Crippen LogP contribution in [0.15, 0.2) is 48.5 Å². The lowest BCUT2D eigenvalue weighted by Crippen LogP contribution is -2.47. The monoisotopic (exact) mass is 398 g/mol. The highest BCUT2D eigenvalue weighted by molar-refractivity contribution is 5.76. The van der Waals surface area contributed by atoms with Crippen molar-refractivity contribution < 1.29 is 19.0 Å². The van der Waals surface area contributed by atoms with Gasteiger partial charge in [-0.3, -0.25) is 9.69 Å². The Kier molecular flexibility index (Phi) is 7.90. The van der Waals surface area contributed by atoms with Crippen LogP contribution >= 0.6 is 0 Å². The Bertz CT molecular complexity index is 782. The second-order valence-electron chi connectivity index (χ2n) is 7.20. The average molecular weight is 399 g/mol. The molecular weight excluding hydrogens is 368 g/mol. The molecule has 1 heterocycles.